The van der Waals surface area contributed by atoms with Crippen molar-refractivity contribution in [3.8, 4) is 0 Å². The third-order valence-electron chi connectivity index (χ3n) is 1.75. The number of hydrogen-bond donors (Lipinski definition) is 0. The maximum absolute atomic E-state index is 12.4. The minimum absolute atomic E-state index is 0.347. The molecule has 0 N–H and O–H groups in total. The number of halogens is 4. The molecule has 0 aliphatic rings. The zero-order valence-electron chi connectivity index (χ0n) is 8.21. The fraction of sp³-hybridized carbons (Fsp3) is 0.500. The Morgan fingerprint density at radius 2 is 2.19 bits per heavy atom. The molecule has 0 spiro atoms. The van der Waals surface area contributed by atoms with E-state index in [-0.39, 0.29) is 6.54 Å². The maximum atomic E-state index is 12.4. The zero-order valence-corrected chi connectivity index (χ0v) is 8.21. The van der Waals surface area contributed by atoms with Crippen LogP contribution < -0.4 is 0 Å². The second-order valence-electron chi connectivity index (χ2n) is 2.83. The molecule has 0 aromatic carbocycles. The highest BCUT2D eigenvalue weighted by Gasteiger charge is 2.39. The number of carbonyl (C=O) groups is 1. The third kappa shape index (κ3) is 2.50. The number of ether oxygens (including phenoxy) is 1. The van der Waals surface area contributed by atoms with E-state index in [1.165, 1.54) is 0 Å². The predicted molar refractivity (Wildman–Crippen MR) is 44.5 cm³/mol. The van der Waals surface area contributed by atoms with Crippen LogP contribution in [-0.4, -0.2) is 29.5 Å². The van der Waals surface area contributed by atoms with Crippen molar-refractivity contribution in [3.05, 3.63) is 17.5 Å². The summed E-state index contributed by atoms with van der Waals surface area (Å²) in [6, 6.07) is 0. The number of esters is 1. The lowest BCUT2D eigenvalue weighted by Crippen LogP contribution is -2.13. The standard InChI is InChI=1S/C8H8F4N2O2/c1-16-7(15)5-4-14(3-2-9)13-6(5)8(10,11)12/h4H,2-3H2,1H3. The van der Waals surface area contributed by atoms with Gasteiger partial charge in [0.2, 0.25) is 0 Å². The Kier molecular flexibility index (Phi) is 3.51. The first-order chi connectivity index (χ1) is 7.40. The van der Waals surface area contributed by atoms with E-state index >= 15 is 0 Å². The van der Waals surface area contributed by atoms with Crippen molar-refractivity contribution in [2.24, 2.45) is 0 Å². The van der Waals surface area contributed by atoms with Gasteiger partial charge in [-0.25, -0.2) is 9.18 Å². The van der Waals surface area contributed by atoms with Gasteiger partial charge in [0, 0.05) is 6.20 Å². The number of alkyl halides is 4. The van der Waals surface area contributed by atoms with Crippen LogP contribution in [0.2, 0.25) is 0 Å². The monoisotopic (exact) mass is 240 g/mol. The molecule has 0 saturated carbocycles. The molecule has 4 nitrogen and oxygen atoms in total. The van der Waals surface area contributed by atoms with Crippen molar-refractivity contribution in [1.82, 2.24) is 9.78 Å². The second-order valence-corrected chi connectivity index (χ2v) is 2.83. The summed E-state index contributed by atoms with van der Waals surface area (Å²) < 4.78 is 54.1. The normalized spacial score (nSPS) is 11.6. The predicted octanol–water partition coefficient (Wildman–Crippen LogP) is 1.66. The molecular formula is C8H8F4N2O2. The molecule has 0 aliphatic carbocycles. The van der Waals surface area contributed by atoms with Gasteiger partial charge >= 0.3 is 12.1 Å². The van der Waals surface area contributed by atoms with Crippen LogP contribution in [-0.2, 0) is 17.5 Å². The number of methoxy groups -OCH3 is 1. The van der Waals surface area contributed by atoms with Crippen molar-refractivity contribution in [1.29, 1.82) is 0 Å². The number of aryl methyl sites for hydroxylation is 1. The van der Waals surface area contributed by atoms with E-state index < -0.39 is 30.1 Å². The van der Waals surface area contributed by atoms with Gasteiger partial charge in [-0.05, 0) is 0 Å². The molecule has 0 amide bonds. The van der Waals surface area contributed by atoms with Gasteiger partial charge in [-0.1, -0.05) is 0 Å². The first-order valence-corrected chi connectivity index (χ1v) is 4.19. The molecule has 0 atom stereocenters. The Morgan fingerprint density at radius 3 is 2.62 bits per heavy atom. The van der Waals surface area contributed by atoms with Crippen LogP contribution in [0.15, 0.2) is 6.20 Å². The molecule has 16 heavy (non-hydrogen) atoms. The molecule has 0 radical (unpaired) electrons. The summed E-state index contributed by atoms with van der Waals surface area (Å²) in [5, 5.41) is 3.09. The smallest absolute Gasteiger partial charge is 0.436 e. The number of aromatic nitrogens is 2. The van der Waals surface area contributed by atoms with Gasteiger partial charge in [-0.2, -0.15) is 18.3 Å². The molecule has 0 bridgehead atoms. The van der Waals surface area contributed by atoms with Crippen LogP contribution in [0.4, 0.5) is 17.6 Å². The van der Waals surface area contributed by atoms with Crippen LogP contribution in [0.25, 0.3) is 0 Å². The lowest BCUT2D eigenvalue weighted by Gasteiger charge is -2.03. The van der Waals surface area contributed by atoms with Gasteiger partial charge in [0.15, 0.2) is 5.69 Å². The van der Waals surface area contributed by atoms with Crippen molar-refractivity contribution >= 4 is 5.97 Å². The van der Waals surface area contributed by atoms with Crippen molar-refractivity contribution in [3.63, 3.8) is 0 Å². The third-order valence-corrected chi connectivity index (χ3v) is 1.75. The van der Waals surface area contributed by atoms with E-state index in [0.717, 1.165) is 18.0 Å². The molecule has 0 fully saturated rings. The summed E-state index contributed by atoms with van der Waals surface area (Å²) in [6.45, 7) is -1.22. The number of nitrogens with zero attached hydrogens (tertiary/aromatic N) is 2. The summed E-state index contributed by atoms with van der Waals surface area (Å²) >= 11 is 0. The number of carbonyl (C=O) groups excluding carboxylic acids is 1. The average Bonchev–Trinajstić information content (AvgIpc) is 2.61. The molecule has 0 unspecified atom stereocenters. The van der Waals surface area contributed by atoms with Crippen LogP contribution in [0.5, 0.6) is 0 Å². The number of hydrogen-bond acceptors (Lipinski definition) is 3. The van der Waals surface area contributed by atoms with Crippen molar-refractivity contribution < 1.29 is 27.1 Å². The van der Waals surface area contributed by atoms with E-state index in [0.29, 0.717) is 0 Å². The van der Waals surface area contributed by atoms with Gasteiger partial charge in [0.25, 0.3) is 0 Å². The Hall–Kier alpha value is -1.60. The quantitative estimate of drug-likeness (QED) is 0.596. The SMILES string of the molecule is COC(=O)c1cn(CCF)nc1C(F)(F)F. The fourth-order valence-corrected chi connectivity index (χ4v) is 1.09. The summed E-state index contributed by atoms with van der Waals surface area (Å²) in [5.74, 6) is -1.16. The molecular weight excluding hydrogens is 232 g/mol. The minimum atomic E-state index is -4.77. The largest absolute Gasteiger partial charge is 0.465 e. The molecule has 1 heterocycles. The van der Waals surface area contributed by atoms with E-state index in [9.17, 15) is 22.4 Å². The Balaban J connectivity index is 3.18. The highest BCUT2D eigenvalue weighted by Crippen LogP contribution is 2.30. The molecule has 1 rings (SSSR count). The summed E-state index contributed by atoms with van der Waals surface area (Å²) in [7, 11) is 0.953. The summed E-state index contributed by atoms with van der Waals surface area (Å²) in [4.78, 5) is 11.0. The van der Waals surface area contributed by atoms with E-state index in [1.807, 2.05) is 0 Å². The highest BCUT2D eigenvalue weighted by atomic mass is 19.4. The lowest BCUT2D eigenvalue weighted by molar-refractivity contribution is -0.142. The minimum Gasteiger partial charge on any atom is -0.465 e. The highest BCUT2D eigenvalue weighted by molar-refractivity contribution is 5.90. The lowest BCUT2D eigenvalue weighted by atomic mass is 10.2. The van der Waals surface area contributed by atoms with Crippen LogP contribution >= 0.6 is 0 Å². The van der Waals surface area contributed by atoms with Gasteiger partial charge in [0.05, 0.1) is 13.7 Å². The Bertz CT molecular complexity index is 386. The average molecular weight is 240 g/mol. The zero-order chi connectivity index (χ0) is 12.3. The molecule has 8 heteroatoms. The molecule has 0 saturated heterocycles. The van der Waals surface area contributed by atoms with E-state index in [1.54, 1.807) is 0 Å². The van der Waals surface area contributed by atoms with Gasteiger partial charge < -0.3 is 4.74 Å². The maximum Gasteiger partial charge on any atom is 0.436 e. The van der Waals surface area contributed by atoms with E-state index in [4.69, 9.17) is 0 Å². The van der Waals surface area contributed by atoms with Gasteiger partial charge in [-0.15, -0.1) is 0 Å². The molecule has 1 aromatic rings. The van der Waals surface area contributed by atoms with Gasteiger partial charge in [-0.3, -0.25) is 4.68 Å². The first-order valence-electron chi connectivity index (χ1n) is 4.19. The summed E-state index contributed by atoms with van der Waals surface area (Å²) in [5.41, 5.74) is -2.09. The topological polar surface area (TPSA) is 44.1 Å². The fourth-order valence-electron chi connectivity index (χ4n) is 1.09. The van der Waals surface area contributed by atoms with Crippen molar-refractivity contribution in [2.45, 2.75) is 12.7 Å². The van der Waals surface area contributed by atoms with Gasteiger partial charge in [0.1, 0.15) is 12.2 Å². The number of rotatable bonds is 3. The van der Waals surface area contributed by atoms with Crippen LogP contribution in [0.3, 0.4) is 0 Å². The second kappa shape index (κ2) is 4.50. The van der Waals surface area contributed by atoms with Crippen molar-refractivity contribution in [2.75, 3.05) is 13.8 Å². The summed E-state index contributed by atoms with van der Waals surface area (Å²) in [6.07, 6.45) is -3.96. The molecule has 90 valence electrons. The Morgan fingerprint density at radius 1 is 1.56 bits per heavy atom. The first kappa shape index (κ1) is 12.5. The van der Waals surface area contributed by atoms with E-state index in [2.05, 4.69) is 9.84 Å². The molecule has 0 aliphatic heterocycles. The Labute approximate surface area is 87.8 Å². The van der Waals surface area contributed by atoms with Crippen LogP contribution in [0, 0.1) is 0 Å². The molecule has 1 aromatic heterocycles. The van der Waals surface area contributed by atoms with Crippen LogP contribution in [0.1, 0.15) is 16.1 Å².